The first kappa shape index (κ1) is 18.6. The summed E-state index contributed by atoms with van der Waals surface area (Å²) in [5.41, 5.74) is 1.81. The van der Waals surface area contributed by atoms with Gasteiger partial charge in [-0.05, 0) is 53.7 Å². The van der Waals surface area contributed by atoms with Gasteiger partial charge in [-0.2, -0.15) is 0 Å². The lowest BCUT2D eigenvalue weighted by atomic mass is 9.90. The first-order chi connectivity index (χ1) is 13.7. The first-order valence-corrected chi connectivity index (χ1v) is 11.1. The summed E-state index contributed by atoms with van der Waals surface area (Å²) in [6.45, 7) is 3.89. The molecule has 2 aromatic heterocycles. The Balaban J connectivity index is 1.36. The lowest BCUT2D eigenvalue weighted by Crippen LogP contribution is -2.46. The highest BCUT2D eigenvalue weighted by atomic mass is 79.9. The number of hydrogen-bond donors (Lipinski definition) is 2. The van der Waals surface area contributed by atoms with E-state index < -0.39 is 0 Å². The van der Waals surface area contributed by atoms with E-state index in [1.54, 1.807) is 6.33 Å². The van der Waals surface area contributed by atoms with E-state index in [1.807, 2.05) is 12.1 Å². The predicted molar refractivity (Wildman–Crippen MR) is 116 cm³/mol. The van der Waals surface area contributed by atoms with Gasteiger partial charge in [-0.15, -0.1) is 0 Å². The van der Waals surface area contributed by atoms with E-state index in [1.165, 1.54) is 12.8 Å². The van der Waals surface area contributed by atoms with Crippen LogP contribution in [0.25, 0.3) is 21.9 Å². The van der Waals surface area contributed by atoms with Crippen LogP contribution in [-0.2, 0) is 4.74 Å². The van der Waals surface area contributed by atoms with E-state index in [9.17, 15) is 0 Å². The molecule has 2 N–H and O–H groups in total. The van der Waals surface area contributed by atoms with E-state index >= 15 is 0 Å². The lowest BCUT2D eigenvalue weighted by molar-refractivity contribution is 0.00791. The molecule has 28 heavy (non-hydrogen) atoms. The maximum Gasteiger partial charge on any atom is 0.143 e. The number of aromatic amines is 1. The van der Waals surface area contributed by atoms with Gasteiger partial charge < -0.3 is 15.0 Å². The number of hydrogen-bond acceptors (Lipinski definition) is 5. The second-order valence-corrected chi connectivity index (χ2v) is 8.94. The van der Waals surface area contributed by atoms with E-state index in [4.69, 9.17) is 16.3 Å². The Bertz CT molecular complexity index is 995. The highest BCUT2D eigenvalue weighted by Gasteiger charge is 2.27. The van der Waals surface area contributed by atoms with Gasteiger partial charge in [0.05, 0.1) is 23.6 Å². The van der Waals surface area contributed by atoms with Gasteiger partial charge in [0.15, 0.2) is 0 Å². The summed E-state index contributed by atoms with van der Waals surface area (Å²) in [7, 11) is 0. The van der Waals surface area contributed by atoms with Crippen molar-refractivity contribution in [3.8, 4) is 0 Å². The standard InChI is InChI=1S/C20H23BrClN5O/c21-15-9-14-17(10-16(15)22)26-20-18(14)19(23-11-24-20)25-12-1-3-13(4-2-12)27-5-7-28-8-6-27/h9-13H,1-8H2,(H2,23,24,25,26). The number of anilines is 1. The third-order valence-corrected chi connectivity index (χ3v) is 7.23. The van der Waals surface area contributed by atoms with Gasteiger partial charge in [0.1, 0.15) is 17.8 Å². The monoisotopic (exact) mass is 463 g/mol. The lowest BCUT2D eigenvalue weighted by Gasteiger charge is -2.39. The van der Waals surface area contributed by atoms with Crippen LogP contribution >= 0.6 is 27.5 Å². The molecular formula is C20H23BrClN5O. The quantitative estimate of drug-likeness (QED) is 0.594. The predicted octanol–water partition coefficient (Wildman–Crippen LogP) is 4.58. The third kappa shape index (κ3) is 3.49. The van der Waals surface area contributed by atoms with Crippen LogP contribution in [0, 0.1) is 0 Å². The smallest absolute Gasteiger partial charge is 0.143 e. The zero-order valence-corrected chi connectivity index (χ0v) is 17.9. The van der Waals surface area contributed by atoms with E-state index in [0.717, 1.165) is 71.4 Å². The summed E-state index contributed by atoms with van der Waals surface area (Å²) in [5, 5.41) is 6.49. The van der Waals surface area contributed by atoms with Gasteiger partial charge in [-0.3, -0.25) is 4.90 Å². The molecule has 3 aromatic rings. The number of H-pyrrole nitrogens is 1. The molecule has 2 fully saturated rings. The molecule has 1 saturated carbocycles. The number of halogens is 2. The second-order valence-electron chi connectivity index (χ2n) is 7.68. The summed E-state index contributed by atoms with van der Waals surface area (Å²) >= 11 is 9.79. The molecule has 0 unspecified atom stereocenters. The molecule has 0 radical (unpaired) electrons. The van der Waals surface area contributed by atoms with Gasteiger partial charge in [-0.1, -0.05) is 11.6 Å². The van der Waals surface area contributed by atoms with Crippen molar-refractivity contribution in [1.82, 2.24) is 19.9 Å². The Morgan fingerprint density at radius 3 is 2.71 bits per heavy atom. The fraction of sp³-hybridized carbons (Fsp3) is 0.500. The molecule has 0 spiro atoms. The van der Waals surface area contributed by atoms with Gasteiger partial charge in [-0.25, -0.2) is 9.97 Å². The SMILES string of the molecule is Clc1cc2[nH]c3ncnc(NC4CCC(N5CCOCC5)CC4)c3c2cc1Br. The number of ether oxygens (including phenoxy) is 1. The zero-order chi connectivity index (χ0) is 19.1. The molecule has 1 aliphatic carbocycles. The van der Waals surface area contributed by atoms with Crippen LogP contribution in [0.15, 0.2) is 22.9 Å². The average molecular weight is 465 g/mol. The molecule has 0 amide bonds. The normalized spacial score (nSPS) is 24.1. The molecule has 2 aliphatic rings. The number of fused-ring (bicyclic) bond motifs is 3. The molecule has 1 aliphatic heterocycles. The van der Waals surface area contributed by atoms with Crippen molar-refractivity contribution < 1.29 is 4.74 Å². The number of nitrogens with zero attached hydrogens (tertiary/aromatic N) is 3. The topological polar surface area (TPSA) is 66.1 Å². The average Bonchev–Trinajstić information content (AvgIpc) is 3.08. The Labute approximate surface area is 177 Å². The number of aromatic nitrogens is 3. The van der Waals surface area contributed by atoms with E-state index in [0.29, 0.717) is 17.1 Å². The maximum absolute atomic E-state index is 6.26. The highest BCUT2D eigenvalue weighted by molar-refractivity contribution is 9.10. The minimum atomic E-state index is 0.441. The van der Waals surface area contributed by atoms with Crippen molar-refractivity contribution in [3.63, 3.8) is 0 Å². The van der Waals surface area contributed by atoms with Gasteiger partial charge >= 0.3 is 0 Å². The molecule has 148 valence electrons. The molecule has 6 nitrogen and oxygen atoms in total. The number of benzene rings is 1. The maximum atomic E-state index is 6.26. The van der Waals surface area contributed by atoms with E-state index in [-0.39, 0.29) is 0 Å². The second kappa shape index (κ2) is 7.78. The summed E-state index contributed by atoms with van der Waals surface area (Å²) < 4.78 is 6.37. The molecule has 0 bridgehead atoms. The number of nitrogens with one attached hydrogen (secondary N) is 2. The van der Waals surface area contributed by atoms with Crippen molar-refractivity contribution in [2.24, 2.45) is 0 Å². The van der Waals surface area contributed by atoms with Gasteiger partial charge in [0.2, 0.25) is 0 Å². The Morgan fingerprint density at radius 2 is 1.93 bits per heavy atom. The summed E-state index contributed by atoms with van der Waals surface area (Å²) in [6, 6.07) is 5.11. The van der Waals surface area contributed by atoms with Gasteiger partial charge in [0, 0.05) is 40.5 Å². The van der Waals surface area contributed by atoms with Crippen LogP contribution in [-0.4, -0.2) is 58.2 Å². The van der Waals surface area contributed by atoms with Crippen molar-refractivity contribution in [3.05, 3.63) is 28.0 Å². The van der Waals surface area contributed by atoms with Crippen molar-refractivity contribution in [2.45, 2.75) is 37.8 Å². The summed E-state index contributed by atoms with van der Waals surface area (Å²) in [5.74, 6) is 0.903. The number of rotatable bonds is 3. The van der Waals surface area contributed by atoms with Crippen LogP contribution < -0.4 is 5.32 Å². The van der Waals surface area contributed by atoms with Crippen molar-refractivity contribution in [1.29, 1.82) is 0 Å². The van der Waals surface area contributed by atoms with Crippen LogP contribution in [0.1, 0.15) is 25.7 Å². The molecule has 1 saturated heterocycles. The first-order valence-electron chi connectivity index (χ1n) is 9.89. The van der Waals surface area contributed by atoms with Crippen molar-refractivity contribution in [2.75, 3.05) is 31.6 Å². The third-order valence-electron chi connectivity index (χ3n) is 6.03. The van der Waals surface area contributed by atoms with Crippen LogP contribution in [0.4, 0.5) is 5.82 Å². The van der Waals surface area contributed by atoms with Crippen LogP contribution in [0.2, 0.25) is 5.02 Å². The van der Waals surface area contributed by atoms with Crippen molar-refractivity contribution >= 4 is 55.3 Å². The van der Waals surface area contributed by atoms with Crippen LogP contribution in [0.3, 0.4) is 0 Å². The minimum Gasteiger partial charge on any atom is -0.379 e. The Morgan fingerprint density at radius 1 is 1.14 bits per heavy atom. The summed E-state index contributed by atoms with van der Waals surface area (Å²) in [4.78, 5) is 14.9. The molecule has 5 rings (SSSR count). The van der Waals surface area contributed by atoms with Crippen LogP contribution in [0.5, 0.6) is 0 Å². The molecule has 0 atom stereocenters. The zero-order valence-electron chi connectivity index (χ0n) is 15.5. The minimum absolute atomic E-state index is 0.441. The van der Waals surface area contributed by atoms with Gasteiger partial charge in [0.25, 0.3) is 0 Å². The highest BCUT2D eigenvalue weighted by Crippen LogP contribution is 2.35. The largest absolute Gasteiger partial charge is 0.379 e. The fourth-order valence-corrected chi connectivity index (χ4v) is 5.06. The molecule has 1 aromatic carbocycles. The molecular weight excluding hydrogens is 442 g/mol. The fourth-order valence-electron chi connectivity index (χ4n) is 4.55. The molecule has 3 heterocycles. The Kier molecular flexibility index (Phi) is 5.17. The number of morpholine rings is 1. The van der Waals surface area contributed by atoms with E-state index in [2.05, 4.69) is 41.1 Å². The molecule has 8 heteroatoms. The summed E-state index contributed by atoms with van der Waals surface area (Å²) in [6.07, 6.45) is 6.38. The Hall–Kier alpha value is -1.41.